The molecule has 0 atom stereocenters. The van der Waals surface area contributed by atoms with Crippen LogP contribution in [0.2, 0.25) is 5.02 Å². The summed E-state index contributed by atoms with van der Waals surface area (Å²) in [5, 5.41) is 5.23. The molecule has 5 nitrogen and oxygen atoms in total. The van der Waals surface area contributed by atoms with E-state index in [1.807, 2.05) is 47.2 Å². The molecule has 1 fully saturated rings. The molecule has 0 spiro atoms. The van der Waals surface area contributed by atoms with Crippen molar-refractivity contribution in [1.29, 1.82) is 0 Å². The van der Waals surface area contributed by atoms with E-state index in [1.54, 1.807) is 0 Å². The van der Waals surface area contributed by atoms with Crippen molar-refractivity contribution in [3.63, 3.8) is 0 Å². The smallest absolute Gasteiger partial charge is 0.165 e. The van der Waals surface area contributed by atoms with Crippen LogP contribution in [0, 0.1) is 0 Å². The Hall–Kier alpha value is -2.11. The highest BCUT2D eigenvalue weighted by molar-refractivity contribution is 6.33. The monoisotopic (exact) mass is 314 g/mol. The van der Waals surface area contributed by atoms with E-state index in [0.717, 1.165) is 48.9 Å². The molecule has 1 aliphatic rings. The first kappa shape index (κ1) is 13.5. The molecule has 0 unspecified atom stereocenters. The fourth-order valence-electron chi connectivity index (χ4n) is 2.78. The first-order valence-corrected chi connectivity index (χ1v) is 7.63. The number of hydrogen-bond acceptors (Lipinski definition) is 4. The maximum absolute atomic E-state index is 6.31. The third kappa shape index (κ3) is 2.23. The van der Waals surface area contributed by atoms with Gasteiger partial charge in [-0.2, -0.15) is 9.61 Å². The van der Waals surface area contributed by atoms with E-state index >= 15 is 0 Å². The lowest BCUT2D eigenvalue weighted by molar-refractivity contribution is 0.122. The number of fused-ring (bicyclic) bond motifs is 1. The lowest BCUT2D eigenvalue weighted by Gasteiger charge is -2.28. The van der Waals surface area contributed by atoms with Gasteiger partial charge in [-0.05, 0) is 12.1 Å². The Kier molecular flexibility index (Phi) is 3.44. The molecule has 0 radical (unpaired) electrons. The van der Waals surface area contributed by atoms with Crippen LogP contribution in [0.3, 0.4) is 0 Å². The topological polar surface area (TPSA) is 42.7 Å². The molecule has 3 heterocycles. The van der Waals surface area contributed by atoms with Crippen molar-refractivity contribution < 1.29 is 4.74 Å². The van der Waals surface area contributed by atoms with Crippen LogP contribution in [-0.2, 0) is 4.74 Å². The quantitative estimate of drug-likeness (QED) is 0.729. The van der Waals surface area contributed by atoms with E-state index < -0.39 is 0 Å². The predicted molar refractivity (Wildman–Crippen MR) is 86.5 cm³/mol. The van der Waals surface area contributed by atoms with E-state index in [0.29, 0.717) is 5.02 Å². The fraction of sp³-hybridized carbons (Fsp3) is 0.250. The largest absolute Gasteiger partial charge is 0.378 e. The summed E-state index contributed by atoms with van der Waals surface area (Å²) in [6.07, 6.45) is 3.65. The number of anilines is 1. The average molecular weight is 315 g/mol. The van der Waals surface area contributed by atoms with Gasteiger partial charge in [-0.25, -0.2) is 4.98 Å². The van der Waals surface area contributed by atoms with Crippen LogP contribution < -0.4 is 4.90 Å². The maximum atomic E-state index is 6.31. The van der Waals surface area contributed by atoms with Crippen molar-refractivity contribution in [3.8, 4) is 11.1 Å². The summed E-state index contributed by atoms with van der Waals surface area (Å²) in [7, 11) is 0. The van der Waals surface area contributed by atoms with Crippen molar-refractivity contribution in [1.82, 2.24) is 14.6 Å². The fourth-order valence-corrected chi connectivity index (χ4v) is 3.02. The van der Waals surface area contributed by atoms with Crippen molar-refractivity contribution in [3.05, 3.63) is 47.7 Å². The molecule has 6 heteroatoms. The molecule has 1 aliphatic heterocycles. The molecule has 0 bridgehead atoms. The van der Waals surface area contributed by atoms with Crippen molar-refractivity contribution in [2.45, 2.75) is 0 Å². The zero-order valence-corrected chi connectivity index (χ0v) is 12.7. The second kappa shape index (κ2) is 5.59. The molecule has 0 saturated carbocycles. The van der Waals surface area contributed by atoms with Crippen molar-refractivity contribution in [2.75, 3.05) is 31.2 Å². The highest BCUT2D eigenvalue weighted by Crippen LogP contribution is 2.31. The normalized spacial score (nSPS) is 15.4. The highest BCUT2D eigenvalue weighted by Gasteiger charge is 2.17. The Bertz CT molecular complexity index is 811. The van der Waals surface area contributed by atoms with Crippen LogP contribution >= 0.6 is 11.6 Å². The summed E-state index contributed by atoms with van der Waals surface area (Å²) in [4.78, 5) is 6.76. The zero-order chi connectivity index (χ0) is 14.9. The van der Waals surface area contributed by atoms with Crippen molar-refractivity contribution >= 4 is 23.1 Å². The van der Waals surface area contributed by atoms with Crippen molar-refractivity contribution in [2.24, 2.45) is 0 Å². The van der Waals surface area contributed by atoms with Crippen LogP contribution in [0.5, 0.6) is 0 Å². The SMILES string of the molecule is Clc1ccccc1-c1cnn2c(N3CCOCC3)ccnc12. The second-order valence-electron chi connectivity index (χ2n) is 5.18. The van der Waals surface area contributed by atoms with Gasteiger partial charge in [0.1, 0.15) is 5.82 Å². The molecule has 112 valence electrons. The summed E-state index contributed by atoms with van der Waals surface area (Å²) in [6.45, 7) is 3.20. The number of nitrogens with zero attached hydrogens (tertiary/aromatic N) is 4. The van der Waals surface area contributed by atoms with Crippen LogP contribution in [0.25, 0.3) is 16.8 Å². The Morgan fingerprint density at radius 1 is 1.05 bits per heavy atom. The Balaban J connectivity index is 1.85. The Morgan fingerprint density at radius 3 is 2.68 bits per heavy atom. The molecule has 3 aromatic rings. The number of halogens is 1. The van der Waals surface area contributed by atoms with E-state index in [4.69, 9.17) is 16.3 Å². The lowest BCUT2D eigenvalue weighted by Crippen LogP contribution is -2.37. The van der Waals surface area contributed by atoms with Crippen LogP contribution in [0.15, 0.2) is 42.7 Å². The van der Waals surface area contributed by atoms with Gasteiger partial charge in [-0.15, -0.1) is 0 Å². The Morgan fingerprint density at radius 2 is 1.86 bits per heavy atom. The Labute approximate surface area is 133 Å². The maximum Gasteiger partial charge on any atom is 0.165 e. The molecule has 22 heavy (non-hydrogen) atoms. The number of aromatic nitrogens is 3. The molecular formula is C16H15ClN4O. The van der Waals surface area contributed by atoms with Gasteiger partial charge < -0.3 is 9.64 Å². The molecule has 1 aromatic carbocycles. The summed E-state index contributed by atoms with van der Waals surface area (Å²) in [5.74, 6) is 1.03. The number of morpholine rings is 1. The lowest BCUT2D eigenvalue weighted by atomic mass is 10.1. The van der Waals surface area contributed by atoms with E-state index in [1.165, 1.54) is 0 Å². The van der Waals surface area contributed by atoms with Gasteiger partial charge in [0, 0.05) is 35.4 Å². The molecule has 0 amide bonds. The molecule has 4 rings (SSSR count). The summed E-state index contributed by atoms with van der Waals surface area (Å²) < 4.78 is 7.30. The van der Waals surface area contributed by atoms with Crippen LogP contribution in [0.4, 0.5) is 5.82 Å². The summed E-state index contributed by atoms with van der Waals surface area (Å²) >= 11 is 6.31. The number of benzene rings is 1. The average Bonchev–Trinajstić information content (AvgIpc) is 3.00. The standard InChI is InChI=1S/C16H15ClN4O/c17-14-4-2-1-3-12(14)13-11-19-21-15(5-6-18-16(13)21)20-7-9-22-10-8-20/h1-6,11H,7-10H2. The molecule has 2 aromatic heterocycles. The van der Waals surface area contributed by atoms with Gasteiger partial charge in [0.2, 0.25) is 0 Å². The summed E-state index contributed by atoms with van der Waals surface area (Å²) in [5.41, 5.74) is 2.71. The van der Waals surface area contributed by atoms with Crippen LogP contribution in [-0.4, -0.2) is 40.9 Å². The number of ether oxygens (including phenoxy) is 1. The second-order valence-corrected chi connectivity index (χ2v) is 5.58. The van der Waals surface area contributed by atoms with Gasteiger partial charge in [-0.1, -0.05) is 29.8 Å². The minimum atomic E-state index is 0.705. The third-order valence-corrected chi connectivity index (χ3v) is 4.21. The van der Waals surface area contributed by atoms with Gasteiger partial charge >= 0.3 is 0 Å². The van der Waals surface area contributed by atoms with Gasteiger partial charge in [0.05, 0.1) is 19.4 Å². The molecule has 1 saturated heterocycles. The number of hydrogen-bond donors (Lipinski definition) is 0. The predicted octanol–water partition coefficient (Wildman–Crippen LogP) is 2.89. The summed E-state index contributed by atoms with van der Waals surface area (Å²) in [6, 6.07) is 9.75. The minimum absolute atomic E-state index is 0.705. The van der Waals surface area contributed by atoms with E-state index in [-0.39, 0.29) is 0 Å². The molecule has 0 N–H and O–H groups in total. The van der Waals surface area contributed by atoms with Crippen LogP contribution in [0.1, 0.15) is 0 Å². The highest BCUT2D eigenvalue weighted by atomic mass is 35.5. The molecule has 0 aliphatic carbocycles. The van der Waals surface area contributed by atoms with E-state index in [9.17, 15) is 0 Å². The van der Waals surface area contributed by atoms with Gasteiger partial charge in [-0.3, -0.25) is 0 Å². The van der Waals surface area contributed by atoms with Gasteiger partial charge in [0.25, 0.3) is 0 Å². The van der Waals surface area contributed by atoms with E-state index in [2.05, 4.69) is 15.0 Å². The van der Waals surface area contributed by atoms with Gasteiger partial charge in [0.15, 0.2) is 5.65 Å². The number of rotatable bonds is 2. The first-order valence-electron chi connectivity index (χ1n) is 7.25. The molecular weight excluding hydrogens is 300 g/mol. The minimum Gasteiger partial charge on any atom is -0.378 e. The first-order chi connectivity index (χ1) is 10.8. The zero-order valence-electron chi connectivity index (χ0n) is 11.9. The third-order valence-electron chi connectivity index (χ3n) is 3.88.